The first-order valence-electron chi connectivity index (χ1n) is 6.25. The van der Waals surface area contributed by atoms with Gasteiger partial charge in [0.25, 0.3) is 0 Å². The number of hydrogen-bond acceptors (Lipinski definition) is 4. The van der Waals surface area contributed by atoms with Crippen molar-refractivity contribution in [2.75, 3.05) is 13.1 Å². The van der Waals surface area contributed by atoms with Crippen molar-refractivity contribution in [3.63, 3.8) is 0 Å². The maximum Gasteiger partial charge on any atom is 0.326 e. The summed E-state index contributed by atoms with van der Waals surface area (Å²) in [6.45, 7) is 2.84. The summed E-state index contributed by atoms with van der Waals surface area (Å²) < 4.78 is 0. The normalized spacial score (nSPS) is 22.5. The Bertz CT molecular complexity index is 449. The van der Waals surface area contributed by atoms with Gasteiger partial charge in [-0.05, 0) is 12.3 Å². The minimum absolute atomic E-state index is 0.00205. The summed E-state index contributed by atoms with van der Waals surface area (Å²) in [6, 6.07) is -1.01. The Morgan fingerprint density at radius 1 is 1.63 bits per heavy atom. The van der Waals surface area contributed by atoms with Crippen LogP contribution in [0.3, 0.4) is 0 Å². The summed E-state index contributed by atoms with van der Waals surface area (Å²) in [4.78, 5) is 28.7. The summed E-state index contributed by atoms with van der Waals surface area (Å²) >= 11 is 1.54. The summed E-state index contributed by atoms with van der Waals surface area (Å²) in [7, 11) is 0. The standard InChI is InChI=1S/C12H17N3O3S/c1-8-3-6-15(10(8)11(16)17)12(18)14-4-2-9-13-5-7-19-9/h5,7-8,10H,2-4,6H2,1H3,(H,14,18)(H,16,17). The molecule has 1 aromatic rings. The zero-order valence-electron chi connectivity index (χ0n) is 10.7. The highest BCUT2D eigenvalue weighted by Crippen LogP contribution is 2.23. The minimum atomic E-state index is -0.930. The van der Waals surface area contributed by atoms with E-state index in [1.165, 1.54) is 4.90 Å². The molecule has 0 radical (unpaired) electrons. The Morgan fingerprint density at radius 2 is 2.42 bits per heavy atom. The van der Waals surface area contributed by atoms with E-state index in [9.17, 15) is 9.59 Å². The van der Waals surface area contributed by atoms with E-state index in [4.69, 9.17) is 5.11 Å². The molecule has 0 bridgehead atoms. The van der Waals surface area contributed by atoms with Crippen LogP contribution < -0.4 is 5.32 Å². The first-order valence-corrected chi connectivity index (χ1v) is 7.13. The highest BCUT2D eigenvalue weighted by molar-refractivity contribution is 7.09. The average molecular weight is 283 g/mol. The molecular weight excluding hydrogens is 266 g/mol. The van der Waals surface area contributed by atoms with E-state index < -0.39 is 12.0 Å². The third kappa shape index (κ3) is 3.23. The number of carboxylic acids is 1. The van der Waals surface area contributed by atoms with Gasteiger partial charge in [0, 0.05) is 31.1 Å². The number of amides is 2. The monoisotopic (exact) mass is 283 g/mol. The maximum absolute atomic E-state index is 12.0. The molecule has 0 aliphatic carbocycles. The number of hydrogen-bond donors (Lipinski definition) is 2. The second kappa shape index (κ2) is 6.01. The number of aliphatic carboxylic acids is 1. The zero-order chi connectivity index (χ0) is 13.8. The number of carbonyl (C=O) groups excluding carboxylic acids is 1. The summed E-state index contributed by atoms with van der Waals surface area (Å²) in [5.74, 6) is -0.928. The molecule has 2 heterocycles. The molecule has 2 unspecified atom stereocenters. The Kier molecular flexibility index (Phi) is 4.36. The van der Waals surface area contributed by atoms with Gasteiger partial charge in [0.2, 0.25) is 0 Å². The quantitative estimate of drug-likeness (QED) is 0.869. The molecule has 7 heteroatoms. The van der Waals surface area contributed by atoms with Gasteiger partial charge in [0.15, 0.2) is 0 Å². The zero-order valence-corrected chi connectivity index (χ0v) is 11.5. The first kappa shape index (κ1) is 13.8. The Labute approximate surface area is 115 Å². The van der Waals surface area contributed by atoms with Crippen molar-refractivity contribution in [2.45, 2.75) is 25.8 Å². The van der Waals surface area contributed by atoms with Gasteiger partial charge in [0.05, 0.1) is 5.01 Å². The molecule has 1 aromatic heterocycles. The number of urea groups is 1. The number of nitrogens with one attached hydrogen (secondary N) is 1. The van der Waals surface area contributed by atoms with Crippen LogP contribution in [-0.2, 0) is 11.2 Å². The molecule has 1 fully saturated rings. The van der Waals surface area contributed by atoms with Crippen LogP contribution in [0.2, 0.25) is 0 Å². The second-order valence-electron chi connectivity index (χ2n) is 4.65. The Hall–Kier alpha value is -1.63. The lowest BCUT2D eigenvalue weighted by Crippen LogP contribution is -2.47. The number of aromatic nitrogens is 1. The lowest BCUT2D eigenvalue weighted by atomic mass is 10.0. The van der Waals surface area contributed by atoms with Gasteiger partial charge in [-0.3, -0.25) is 0 Å². The lowest BCUT2D eigenvalue weighted by molar-refractivity contribution is -0.142. The van der Waals surface area contributed by atoms with Crippen molar-refractivity contribution < 1.29 is 14.7 Å². The fraction of sp³-hybridized carbons (Fsp3) is 0.583. The topological polar surface area (TPSA) is 82.5 Å². The summed E-state index contributed by atoms with van der Waals surface area (Å²) in [5.41, 5.74) is 0. The van der Waals surface area contributed by atoms with Crippen LogP contribution in [0.25, 0.3) is 0 Å². The molecule has 1 aliphatic rings. The van der Waals surface area contributed by atoms with E-state index in [-0.39, 0.29) is 11.9 Å². The molecule has 6 nitrogen and oxygen atoms in total. The molecule has 2 amide bonds. The van der Waals surface area contributed by atoms with Crippen LogP contribution in [0.15, 0.2) is 11.6 Å². The molecule has 2 rings (SSSR count). The number of carboxylic acid groups (broad SMARTS) is 1. The third-order valence-corrected chi connectivity index (χ3v) is 4.15. The van der Waals surface area contributed by atoms with Crippen molar-refractivity contribution in [3.8, 4) is 0 Å². The van der Waals surface area contributed by atoms with Crippen molar-refractivity contribution >= 4 is 23.3 Å². The fourth-order valence-corrected chi connectivity index (χ4v) is 2.93. The van der Waals surface area contributed by atoms with Gasteiger partial charge in [-0.15, -0.1) is 11.3 Å². The van der Waals surface area contributed by atoms with Gasteiger partial charge in [0.1, 0.15) is 6.04 Å². The fourth-order valence-electron chi connectivity index (χ4n) is 2.31. The highest BCUT2D eigenvalue weighted by atomic mass is 32.1. The van der Waals surface area contributed by atoms with Crippen LogP contribution in [0, 0.1) is 5.92 Å². The van der Waals surface area contributed by atoms with Gasteiger partial charge in [-0.1, -0.05) is 6.92 Å². The highest BCUT2D eigenvalue weighted by Gasteiger charge is 2.39. The molecule has 1 aliphatic heterocycles. The van der Waals surface area contributed by atoms with Crippen LogP contribution in [0.1, 0.15) is 18.4 Å². The molecule has 0 spiro atoms. The second-order valence-corrected chi connectivity index (χ2v) is 5.63. The molecule has 0 aromatic carbocycles. The van der Waals surface area contributed by atoms with E-state index in [1.54, 1.807) is 17.5 Å². The SMILES string of the molecule is CC1CCN(C(=O)NCCc2nccs2)C1C(=O)O. The van der Waals surface area contributed by atoms with E-state index in [0.29, 0.717) is 19.5 Å². The summed E-state index contributed by atoms with van der Waals surface area (Å²) in [5, 5.41) is 14.8. The third-order valence-electron chi connectivity index (χ3n) is 3.31. The molecule has 19 heavy (non-hydrogen) atoms. The van der Waals surface area contributed by atoms with E-state index in [1.807, 2.05) is 12.3 Å². The predicted molar refractivity (Wildman–Crippen MR) is 71.1 cm³/mol. The predicted octanol–water partition coefficient (Wildman–Crippen LogP) is 1.19. The molecule has 2 N–H and O–H groups in total. The Balaban J connectivity index is 1.84. The lowest BCUT2D eigenvalue weighted by Gasteiger charge is -2.23. The molecular formula is C12H17N3O3S. The first-order chi connectivity index (χ1) is 9.09. The number of carbonyl (C=O) groups is 2. The largest absolute Gasteiger partial charge is 0.480 e. The van der Waals surface area contributed by atoms with Crippen LogP contribution >= 0.6 is 11.3 Å². The summed E-state index contributed by atoms with van der Waals surface area (Å²) in [6.07, 6.45) is 3.13. The van der Waals surface area contributed by atoms with E-state index in [2.05, 4.69) is 10.3 Å². The van der Waals surface area contributed by atoms with Crippen LogP contribution in [0.5, 0.6) is 0 Å². The number of likely N-dealkylation sites (tertiary alicyclic amines) is 1. The minimum Gasteiger partial charge on any atom is -0.480 e. The van der Waals surface area contributed by atoms with Gasteiger partial charge >= 0.3 is 12.0 Å². The van der Waals surface area contributed by atoms with Crippen LogP contribution in [0.4, 0.5) is 4.79 Å². The van der Waals surface area contributed by atoms with Crippen molar-refractivity contribution in [3.05, 3.63) is 16.6 Å². The molecule has 0 saturated carbocycles. The average Bonchev–Trinajstić information content (AvgIpc) is 2.97. The number of nitrogens with zero attached hydrogens (tertiary/aromatic N) is 2. The molecule has 2 atom stereocenters. The van der Waals surface area contributed by atoms with E-state index in [0.717, 1.165) is 11.4 Å². The van der Waals surface area contributed by atoms with Gasteiger partial charge in [-0.25, -0.2) is 14.6 Å². The van der Waals surface area contributed by atoms with Crippen molar-refractivity contribution in [1.82, 2.24) is 15.2 Å². The van der Waals surface area contributed by atoms with Crippen molar-refractivity contribution in [2.24, 2.45) is 5.92 Å². The number of thiazole rings is 1. The smallest absolute Gasteiger partial charge is 0.326 e. The van der Waals surface area contributed by atoms with E-state index >= 15 is 0 Å². The Morgan fingerprint density at radius 3 is 3.05 bits per heavy atom. The molecule has 104 valence electrons. The van der Waals surface area contributed by atoms with Crippen LogP contribution in [-0.4, -0.2) is 46.1 Å². The molecule has 1 saturated heterocycles. The van der Waals surface area contributed by atoms with Gasteiger partial charge < -0.3 is 15.3 Å². The van der Waals surface area contributed by atoms with Crippen molar-refractivity contribution in [1.29, 1.82) is 0 Å². The maximum atomic E-state index is 12.0. The van der Waals surface area contributed by atoms with Gasteiger partial charge in [-0.2, -0.15) is 0 Å². The number of rotatable bonds is 4.